The van der Waals surface area contributed by atoms with Crippen LogP contribution in [0, 0.1) is 5.92 Å². The van der Waals surface area contributed by atoms with E-state index in [1.165, 1.54) is 0 Å². The minimum absolute atomic E-state index is 0.107. The summed E-state index contributed by atoms with van der Waals surface area (Å²) < 4.78 is 0. The maximum absolute atomic E-state index is 12.4. The molecule has 0 aliphatic carbocycles. The van der Waals surface area contributed by atoms with Crippen molar-refractivity contribution >= 4 is 5.91 Å². The number of nitrogens with zero attached hydrogens (tertiary/aromatic N) is 2. The zero-order valence-corrected chi connectivity index (χ0v) is 11.9. The van der Waals surface area contributed by atoms with E-state index in [0.29, 0.717) is 12.0 Å². The molecule has 0 saturated carbocycles. The molecule has 100 valence electrons. The Kier molecular flexibility index (Phi) is 4.55. The Hall–Kier alpha value is -0.610. The molecule has 0 spiro atoms. The number of hydrogen-bond acceptors (Lipinski definition) is 3. The zero-order chi connectivity index (χ0) is 13.2. The fourth-order valence-electron chi connectivity index (χ4n) is 2.78. The van der Waals surface area contributed by atoms with Crippen LogP contribution in [-0.2, 0) is 4.79 Å². The molecular weight excluding hydrogens is 214 g/mol. The molecule has 1 fully saturated rings. The van der Waals surface area contributed by atoms with Crippen molar-refractivity contribution in [2.75, 3.05) is 27.2 Å². The fraction of sp³-hybridized carbons (Fsp3) is 0.923. The number of rotatable bonds is 4. The predicted octanol–water partition coefficient (Wildman–Crippen LogP) is 0.912. The summed E-state index contributed by atoms with van der Waals surface area (Å²) in [6, 6.07) is 0.455. The van der Waals surface area contributed by atoms with Gasteiger partial charge in [0.05, 0.1) is 5.54 Å². The van der Waals surface area contributed by atoms with Crippen LogP contribution in [0.2, 0.25) is 0 Å². The quantitative estimate of drug-likeness (QED) is 0.796. The van der Waals surface area contributed by atoms with Gasteiger partial charge in [0, 0.05) is 19.1 Å². The van der Waals surface area contributed by atoms with Gasteiger partial charge >= 0.3 is 0 Å². The molecule has 0 aromatic heterocycles. The summed E-state index contributed by atoms with van der Waals surface area (Å²) in [5, 5.41) is 0. The molecule has 4 nitrogen and oxygen atoms in total. The molecule has 1 rings (SSSR count). The number of likely N-dealkylation sites (tertiary alicyclic amines) is 1. The lowest BCUT2D eigenvalue weighted by Crippen LogP contribution is -2.53. The van der Waals surface area contributed by atoms with Crippen LogP contribution in [0.4, 0.5) is 0 Å². The van der Waals surface area contributed by atoms with Crippen molar-refractivity contribution in [2.45, 2.75) is 45.2 Å². The van der Waals surface area contributed by atoms with E-state index in [2.05, 4.69) is 32.8 Å². The molecule has 0 radical (unpaired) electrons. The summed E-state index contributed by atoms with van der Waals surface area (Å²) in [4.78, 5) is 16.5. The SMILES string of the molecule is CCCC(C)(N)C(=O)N1CC(C)C(N(C)C)C1. The minimum Gasteiger partial charge on any atom is -0.339 e. The normalized spacial score (nSPS) is 28.5. The van der Waals surface area contributed by atoms with Crippen LogP contribution >= 0.6 is 0 Å². The lowest BCUT2D eigenvalue weighted by molar-refractivity contribution is -0.135. The van der Waals surface area contributed by atoms with Crippen molar-refractivity contribution in [2.24, 2.45) is 11.7 Å². The molecule has 17 heavy (non-hydrogen) atoms. The third-order valence-corrected chi connectivity index (χ3v) is 3.78. The number of carbonyl (C=O) groups excluding carboxylic acids is 1. The summed E-state index contributed by atoms with van der Waals surface area (Å²) in [5.41, 5.74) is 5.41. The fourth-order valence-corrected chi connectivity index (χ4v) is 2.78. The first-order chi connectivity index (χ1) is 7.79. The Morgan fingerprint density at radius 2 is 2.06 bits per heavy atom. The van der Waals surface area contributed by atoms with Crippen LogP contribution in [0.3, 0.4) is 0 Å². The smallest absolute Gasteiger partial charge is 0.242 e. The molecule has 3 atom stereocenters. The van der Waals surface area contributed by atoms with E-state index in [0.717, 1.165) is 25.9 Å². The molecule has 4 heteroatoms. The lowest BCUT2D eigenvalue weighted by atomic mass is 9.96. The van der Waals surface area contributed by atoms with E-state index >= 15 is 0 Å². The molecule has 0 aromatic rings. The van der Waals surface area contributed by atoms with E-state index in [9.17, 15) is 4.79 Å². The number of hydrogen-bond donors (Lipinski definition) is 1. The van der Waals surface area contributed by atoms with Crippen molar-refractivity contribution in [3.05, 3.63) is 0 Å². The van der Waals surface area contributed by atoms with Crippen LogP contribution in [0.1, 0.15) is 33.6 Å². The van der Waals surface area contributed by atoms with Crippen LogP contribution < -0.4 is 5.73 Å². The van der Waals surface area contributed by atoms with Crippen LogP contribution in [0.25, 0.3) is 0 Å². The Bertz CT molecular complexity index is 276. The lowest BCUT2D eigenvalue weighted by Gasteiger charge is -2.29. The molecule has 0 aromatic carbocycles. The van der Waals surface area contributed by atoms with Gasteiger partial charge in [-0.2, -0.15) is 0 Å². The Morgan fingerprint density at radius 3 is 2.47 bits per heavy atom. The van der Waals surface area contributed by atoms with Crippen LogP contribution in [-0.4, -0.2) is 54.5 Å². The summed E-state index contributed by atoms with van der Waals surface area (Å²) in [7, 11) is 4.14. The molecule has 2 N–H and O–H groups in total. The molecule has 3 unspecified atom stereocenters. The maximum Gasteiger partial charge on any atom is 0.242 e. The van der Waals surface area contributed by atoms with Gasteiger partial charge in [-0.1, -0.05) is 20.3 Å². The van der Waals surface area contributed by atoms with Crippen molar-refractivity contribution in [3.63, 3.8) is 0 Å². The van der Waals surface area contributed by atoms with E-state index in [4.69, 9.17) is 5.73 Å². The molecule has 1 aliphatic rings. The summed E-state index contributed by atoms with van der Waals surface area (Å²) in [6.45, 7) is 7.76. The van der Waals surface area contributed by atoms with Gasteiger partial charge in [-0.15, -0.1) is 0 Å². The highest BCUT2D eigenvalue weighted by Gasteiger charge is 2.39. The first-order valence-electron chi connectivity index (χ1n) is 6.54. The standard InChI is InChI=1S/C13H27N3O/c1-6-7-13(3,14)12(17)16-8-10(2)11(9-16)15(4)5/h10-11H,6-9,14H2,1-5H3. The molecular formula is C13H27N3O. The number of carbonyl (C=O) groups is 1. The van der Waals surface area contributed by atoms with Gasteiger partial charge in [-0.25, -0.2) is 0 Å². The minimum atomic E-state index is -0.699. The van der Waals surface area contributed by atoms with Crippen LogP contribution in [0.5, 0.6) is 0 Å². The first-order valence-corrected chi connectivity index (χ1v) is 6.54. The summed E-state index contributed by atoms with van der Waals surface area (Å²) in [6.07, 6.45) is 1.70. The zero-order valence-electron chi connectivity index (χ0n) is 11.9. The van der Waals surface area contributed by atoms with E-state index in [1.807, 2.05) is 11.8 Å². The van der Waals surface area contributed by atoms with Gasteiger partial charge in [0.15, 0.2) is 0 Å². The molecule has 0 bridgehead atoms. The Morgan fingerprint density at radius 1 is 1.47 bits per heavy atom. The third-order valence-electron chi connectivity index (χ3n) is 3.78. The van der Waals surface area contributed by atoms with E-state index in [-0.39, 0.29) is 5.91 Å². The van der Waals surface area contributed by atoms with Crippen LogP contribution in [0.15, 0.2) is 0 Å². The second-order valence-corrected chi connectivity index (χ2v) is 5.89. The van der Waals surface area contributed by atoms with Gasteiger partial charge in [-0.3, -0.25) is 4.79 Å². The molecule has 1 heterocycles. The van der Waals surface area contributed by atoms with Gasteiger partial charge in [0.1, 0.15) is 0 Å². The van der Waals surface area contributed by atoms with Crippen molar-refractivity contribution in [3.8, 4) is 0 Å². The second kappa shape index (κ2) is 5.36. The van der Waals surface area contributed by atoms with Gasteiger partial charge in [0.2, 0.25) is 5.91 Å². The average molecular weight is 241 g/mol. The van der Waals surface area contributed by atoms with Crippen molar-refractivity contribution in [1.29, 1.82) is 0 Å². The highest BCUT2D eigenvalue weighted by Crippen LogP contribution is 2.23. The number of amides is 1. The Balaban J connectivity index is 2.67. The average Bonchev–Trinajstić information content (AvgIpc) is 2.59. The predicted molar refractivity (Wildman–Crippen MR) is 70.7 cm³/mol. The van der Waals surface area contributed by atoms with Gasteiger partial charge in [0.25, 0.3) is 0 Å². The van der Waals surface area contributed by atoms with E-state index < -0.39 is 5.54 Å². The topological polar surface area (TPSA) is 49.6 Å². The van der Waals surface area contributed by atoms with Gasteiger partial charge < -0.3 is 15.5 Å². The first kappa shape index (κ1) is 14.5. The van der Waals surface area contributed by atoms with Crippen molar-refractivity contribution in [1.82, 2.24) is 9.80 Å². The molecule has 1 aliphatic heterocycles. The summed E-state index contributed by atoms with van der Waals surface area (Å²) in [5.74, 6) is 0.627. The van der Waals surface area contributed by atoms with Gasteiger partial charge in [-0.05, 0) is 33.4 Å². The summed E-state index contributed by atoms with van der Waals surface area (Å²) >= 11 is 0. The second-order valence-electron chi connectivity index (χ2n) is 5.89. The third kappa shape index (κ3) is 3.19. The largest absolute Gasteiger partial charge is 0.339 e. The highest BCUT2D eigenvalue weighted by molar-refractivity contribution is 5.86. The maximum atomic E-state index is 12.4. The molecule has 1 saturated heterocycles. The number of likely N-dealkylation sites (N-methyl/N-ethyl adjacent to an activating group) is 1. The molecule has 1 amide bonds. The Labute approximate surface area is 105 Å². The van der Waals surface area contributed by atoms with E-state index in [1.54, 1.807) is 0 Å². The monoisotopic (exact) mass is 241 g/mol. The highest BCUT2D eigenvalue weighted by atomic mass is 16.2. The van der Waals surface area contributed by atoms with Crippen molar-refractivity contribution < 1.29 is 4.79 Å². The number of nitrogens with two attached hydrogens (primary N) is 1.